The summed E-state index contributed by atoms with van der Waals surface area (Å²) in [6.45, 7) is 2.74. The number of carbonyl (C=O) groups is 2. The van der Waals surface area contributed by atoms with Gasteiger partial charge >= 0.3 is 5.97 Å². The van der Waals surface area contributed by atoms with Crippen molar-refractivity contribution in [1.29, 1.82) is 0 Å². The van der Waals surface area contributed by atoms with Gasteiger partial charge in [-0.05, 0) is 26.2 Å². The number of carbonyl (C=O) groups excluding carboxylic acids is 1. The molecular weight excluding hydrogens is 198 g/mol. The lowest BCUT2D eigenvalue weighted by Gasteiger charge is -2.22. The Morgan fingerprint density at radius 1 is 1.33 bits per heavy atom. The van der Waals surface area contributed by atoms with E-state index in [9.17, 15) is 14.7 Å². The van der Waals surface area contributed by atoms with Crippen LogP contribution in [0.5, 0.6) is 0 Å². The van der Waals surface area contributed by atoms with Gasteiger partial charge in [0.2, 0.25) is 5.91 Å². The lowest BCUT2D eigenvalue weighted by molar-refractivity contribution is -0.144. The lowest BCUT2D eigenvalue weighted by Crippen LogP contribution is -2.34. The van der Waals surface area contributed by atoms with Crippen LogP contribution in [-0.2, 0) is 9.59 Å². The van der Waals surface area contributed by atoms with Crippen LogP contribution in [0.25, 0.3) is 0 Å². The number of aliphatic hydroxyl groups is 1. The van der Waals surface area contributed by atoms with Gasteiger partial charge in [-0.3, -0.25) is 9.59 Å². The Bertz CT molecular complexity index is 262. The van der Waals surface area contributed by atoms with Crippen molar-refractivity contribution in [2.24, 2.45) is 0 Å². The third-order valence-electron chi connectivity index (χ3n) is 2.72. The summed E-state index contributed by atoms with van der Waals surface area (Å²) in [5.74, 6) is -1.46. The standard InChI is InChI=1S/C10H17NO4/c1-10(15)3-2-5-11(6-4-10)8(12)7-9(13)14/h15H,2-7H2,1H3,(H,13,14). The number of nitrogens with zero attached hydrogens (tertiary/aromatic N) is 1. The minimum Gasteiger partial charge on any atom is -0.481 e. The third kappa shape index (κ3) is 3.87. The van der Waals surface area contributed by atoms with Gasteiger partial charge in [-0.25, -0.2) is 0 Å². The zero-order valence-electron chi connectivity index (χ0n) is 8.90. The van der Waals surface area contributed by atoms with E-state index in [0.29, 0.717) is 25.9 Å². The maximum absolute atomic E-state index is 11.4. The topological polar surface area (TPSA) is 77.8 Å². The van der Waals surface area contributed by atoms with Gasteiger partial charge in [0.1, 0.15) is 6.42 Å². The zero-order valence-corrected chi connectivity index (χ0v) is 8.90. The number of amides is 1. The van der Waals surface area contributed by atoms with Crippen molar-refractivity contribution in [3.8, 4) is 0 Å². The molecule has 1 fully saturated rings. The second-order valence-electron chi connectivity index (χ2n) is 4.30. The summed E-state index contributed by atoms with van der Waals surface area (Å²) >= 11 is 0. The number of aliphatic carboxylic acids is 1. The van der Waals surface area contributed by atoms with E-state index in [1.54, 1.807) is 6.92 Å². The normalized spacial score (nSPS) is 27.2. The van der Waals surface area contributed by atoms with Crippen LogP contribution in [-0.4, -0.2) is 45.7 Å². The molecule has 0 aliphatic carbocycles. The summed E-state index contributed by atoms with van der Waals surface area (Å²) < 4.78 is 0. The van der Waals surface area contributed by atoms with E-state index < -0.39 is 18.0 Å². The number of hydrogen-bond donors (Lipinski definition) is 2. The Kier molecular flexibility index (Phi) is 3.68. The largest absolute Gasteiger partial charge is 0.481 e. The van der Waals surface area contributed by atoms with Gasteiger partial charge < -0.3 is 15.1 Å². The molecule has 1 unspecified atom stereocenters. The molecule has 86 valence electrons. The summed E-state index contributed by atoms with van der Waals surface area (Å²) in [7, 11) is 0. The van der Waals surface area contributed by atoms with Gasteiger partial charge in [0.25, 0.3) is 0 Å². The monoisotopic (exact) mass is 215 g/mol. The van der Waals surface area contributed by atoms with E-state index in [0.717, 1.165) is 6.42 Å². The van der Waals surface area contributed by atoms with Gasteiger partial charge in [0.05, 0.1) is 5.60 Å². The SMILES string of the molecule is CC1(O)CCCN(C(=O)CC(=O)O)CC1. The first-order valence-electron chi connectivity index (χ1n) is 5.13. The Morgan fingerprint density at radius 2 is 2.00 bits per heavy atom. The highest BCUT2D eigenvalue weighted by Crippen LogP contribution is 2.21. The van der Waals surface area contributed by atoms with Gasteiger partial charge in [0.15, 0.2) is 0 Å². The third-order valence-corrected chi connectivity index (χ3v) is 2.72. The first kappa shape index (κ1) is 12.0. The molecule has 15 heavy (non-hydrogen) atoms. The molecule has 1 rings (SSSR count). The lowest BCUT2D eigenvalue weighted by atomic mass is 9.98. The minimum absolute atomic E-state index is 0.361. The number of rotatable bonds is 2. The summed E-state index contributed by atoms with van der Waals surface area (Å²) in [5, 5.41) is 18.3. The van der Waals surface area contributed by atoms with Crippen LogP contribution in [0.15, 0.2) is 0 Å². The summed E-state index contributed by atoms with van der Waals surface area (Å²) in [6.07, 6.45) is 1.43. The fourth-order valence-electron chi connectivity index (χ4n) is 1.75. The number of likely N-dealkylation sites (tertiary alicyclic amines) is 1. The minimum atomic E-state index is -1.10. The van der Waals surface area contributed by atoms with Gasteiger partial charge in [-0.2, -0.15) is 0 Å². The molecule has 1 atom stereocenters. The van der Waals surface area contributed by atoms with Crippen LogP contribution in [0, 0.1) is 0 Å². The highest BCUT2D eigenvalue weighted by atomic mass is 16.4. The molecule has 1 amide bonds. The molecule has 0 aromatic heterocycles. The van der Waals surface area contributed by atoms with Crippen molar-refractivity contribution in [3.63, 3.8) is 0 Å². The Hall–Kier alpha value is -1.10. The predicted molar refractivity (Wildman–Crippen MR) is 53.3 cm³/mol. The first-order chi connectivity index (χ1) is 6.91. The molecule has 0 aromatic carbocycles. The maximum atomic E-state index is 11.4. The van der Waals surface area contributed by atoms with E-state index in [1.165, 1.54) is 4.90 Å². The average Bonchev–Trinajstić information content (AvgIpc) is 2.25. The van der Waals surface area contributed by atoms with Crippen LogP contribution in [0.3, 0.4) is 0 Å². The Labute approximate surface area is 88.7 Å². The number of carboxylic acid groups (broad SMARTS) is 1. The second kappa shape index (κ2) is 4.61. The molecule has 5 nitrogen and oxygen atoms in total. The van der Waals surface area contributed by atoms with Gasteiger partial charge in [-0.1, -0.05) is 0 Å². The van der Waals surface area contributed by atoms with E-state index in [2.05, 4.69) is 0 Å². The second-order valence-corrected chi connectivity index (χ2v) is 4.30. The number of carboxylic acids is 1. The van der Waals surface area contributed by atoms with Crippen molar-refractivity contribution < 1.29 is 19.8 Å². The van der Waals surface area contributed by atoms with Crippen molar-refractivity contribution in [2.45, 2.75) is 38.2 Å². The van der Waals surface area contributed by atoms with Crippen LogP contribution in [0.1, 0.15) is 32.6 Å². The maximum Gasteiger partial charge on any atom is 0.312 e. The van der Waals surface area contributed by atoms with E-state index >= 15 is 0 Å². The van der Waals surface area contributed by atoms with Crippen LogP contribution >= 0.6 is 0 Å². The molecule has 1 aliphatic heterocycles. The van der Waals surface area contributed by atoms with Crippen molar-refractivity contribution in [1.82, 2.24) is 4.90 Å². The van der Waals surface area contributed by atoms with Crippen molar-refractivity contribution in [2.75, 3.05) is 13.1 Å². The summed E-state index contributed by atoms with van der Waals surface area (Å²) in [6, 6.07) is 0. The van der Waals surface area contributed by atoms with E-state index in [-0.39, 0.29) is 5.91 Å². The average molecular weight is 215 g/mol. The highest BCUT2D eigenvalue weighted by Gasteiger charge is 2.27. The molecular formula is C10H17NO4. The molecule has 0 saturated carbocycles. The molecule has 1 saturated heterocycles. The molecule has 2 N–H and O–H groups in total. The fourth-order valence-corrected chi connectivity index (χ4v) is 1.75. The smallest absolute Gasteiger partial charge is 0.312 e. The van der Waals surface area contributed by atoms with E-state index in [1.807, 2.05) is 0 Å². The first-order valence-corrected chi connectivity index (χ1v) is 5.13. The highest BCUT2D eigenvalue weighted by molar-refractivity contribution is 5.93. The van der Waals surface area contributed by atoms with E-state index in [4.69, 9.17) is 5.11 Å². The molecule has 0 spiro atoms. The fraction of sp³-hybridized carbons (Fsp3) is 0.800. The predicted octanol–water partition coefficient (Wildman–Crippen LogP) is 0.225. The quantitative estimate of drug-likeness (QED) is 0.646. The van der Waals surface area contributed by atoms with Crippen molar-refractivity contribution in [3.05, 3.63) is 0 Å². The van der Waals surface area contributed by atoms with Crippen LogP contribution in [0.2, 0.25) is 0 Å². The molecule has 1 heterocycles. The summed E-state index contributed by atoms with van der Waals surface area (Å²) in [4.78, 5) is 23.3. The van der Waals surface area contributed by atoms with Gasteiger partial charge in [-0.15, -0.1) is 0 Å². The zero-order chi connectivity index (χ0) is 11.5. The molecule has 0 bridgehead atoms. The van der Waals surface area contributed by atoms with Crippen LogP contribution < -0.4 is 0 Å². The summed E-state index contributed by atoms with van der Waals surface area (Å²) in [5.41, 5.74) is -0.724. The van der Waals surface area contributed by atoms with Gasteiger partial charge in [0, 0.05) is 13.1 Å². The van der Waals surface area contributed by atoms with Crippen LogP contribution in [0.4, 0.5) is 0 Å². The van der Waals surface area contributed by atoms with Crippen molar-refractivity contribution >= 4 is 11.9 Å². The molecule has 1 aliphatic rings. The Balaban J connectivity index is 2.50. The molecule has 0 radical (unpaired) electrons. The Morgan fingerprint density at radius 3 is 2.60 bits per heavy atom. The molecule has 5 heteroatoms. The molecule has 0 aromatic rings. The number of hydrogen-bond acceptors (Lipinski definition) is 3.